The van der Waals surface area contributed by atoms with Crippen molar-refractivity contribution in [3.05, 3.63) is 96.1 Å². The monoisotopic (exact) mass is 459 g/mol. The summed E-state index contributed by atoms with van der Waals surface area (Å²) in [6, 6.07) is 20.7. The van der Waals surface area contributed by atoms with Gasteiger partial charge in [-0.05, 0) is 41.8 Å². The molecule has 0 spiro atoms. The van der Waals surface area contributed by atoms with Gasteiger partial charge in [-0.1, -0.05) is 47.7 Å². The molecule has 0 saturated carbocycles. The molecule has 0 saturated heterocycles. The van der Waals surface area contributed by atoms with Crippen LogP contribution >= 0.6 is 0 Å². The first-order chi connectivity index (χ1) is 16.6. The molecule has 0 bridgehead atoms. The van der Waals surface area contributed by atoms with Crippen molar-refractivity contribution in [3.63, 3.8) is 0 Å². The van der Waals surface area contributed by atoms with Gasteiger partial charge in [-0.2, -0.15) is 8.78 Å². The fourth-order valence-corrected chi connectivity index (χ4v) is 3.61. The number of nitrogens with zero attached hydrogens (tertiary/aromatic N) is 6. The highest BCUT2D eigenvalue weighted by Crippen LogP contribution is 2.28. The molecular formula is C24H19F2N7O. The molecule has 2 N–H and O–H groups in total. The summed E-state index contributed by atoms with van der Waals surface area (Å²) < 4.78 is 32.4. The molecule has 0 radical (unpaired) electrons. The quantitative estimate of drug-likeness (QED) is 0.374. The van der Waals surface area contributed by atoms with Crippen molar-refractivity contribution in [2.45, 2.75) is 18.9 Å². The first kappa shape index (κ1) is 21.4. The Labute approximate surface area is 193 Å². The van der Waals surface area contributed by atoms with Crippen LogP contribution in [-0.4, -0.2) is 30.2 Å². The van der Waals surface area contributed by atoms with E-state index in [1.54, 1.807) is 29.1 Å². The number of nitrogens with two attached hydrogens (primary N) is 1. The molecule has 10 heteroatoms. The lowest BCUT2D eigenvalue weighted by Crippen LogP contribution is -2.14. The number of alkyl halides is 2. The number of benzene rings is 2. The zero-order valence-corrected chi connectivity index (χ0v) is 17.8. The Hall–Kier alpha value is -4.47. The number of aromatic nitrogens is 6. The molecule has 1 atom stereocenters. The van der Waals surface area contributed by atoms with E-state index in [1.807, 2.05) is 54.7 Å². The van der Waals surface area contributed by atoms with E-state index in [0.717, 1.165) is 16.7 Å². The fraction of sp³-hybridized carbons (Fsp3) is 0.125. The third-order valence-corrected chi connectivity index (χ3v) is 5.35. The SMILES string of the molecule is Nc1ccc(-c2cn(C(Cc3ccccc3)c3ccc(-c4nnc(C(F)F)o4)cc3)nn2)cn1. The molecule has 5 aromatic rings. The Morgan fingerprint density at radius 2 is 1.65 bits per heavy atom. The minimum absolute atomic E-state index is 0.0420. The average Bonchev–Trinajstić information content (AvgIpc) is 3.55. The van der Waals surface area contributed by atoms with Gasteiger partial charge < -0.3 is 10.2 Å². The van der Waals surface area contributed by atoms with Crippen LogP contribution in [-0.2, 0) is 6.42 Å². The van der Waals surface area contributed by atoms with Crippen molar-refractivity contribution in [2.75, 3.05) is 5.73 Å². The van der Waals surface area contributed by atoms with Gasteiger partial charge in [-0.25, -0.2) is 9.67 Å². The molecule has 0 aliphatic heterocycles. The molecule has 0 aliphatic rings. The molecule has 2 aromatic carbocycles. The molecule has 5 rings (SSSR count). The van der Waals surface area contributed by atoms with Crippen LogP contribution in [0.15, 0.2) is 83.5 Å². The standard InChI is InChI=1S/C24H19F2N7O/c25-22(26)24-31-30-23(34-24)17-8-6-16(7-9-17)20(12-15-4-2-1-3-5-15)33-14-19(29-32-33)18-10-11-21(27)28-13-18/h1-11,13-14,20,22H,12H2,(H2,27,28). The molecule has 170 valence electrons. The van der Waals surface area contributed by atoms with Gasteiger partial charge in [0.25, 0.3) is 5.89 Å². The van der Waals surface area contributed by atoms with E-state index in [-0.39, 0.29) is 11.9 Å². The van der Waals surface area contributed by atoms with Crippen LogP contribution in [0.2, 0.25) is 0 Å². The van der Waals surface area contributed by atoms with Crippen LogP contribution in [0.1, 0.15) is 29.5 Å². The molecule has 1 unspecified atom stereocenters. The number of anilines is 1. The summed E-state index contributed by atoms with van der Waals surface area (Å²) in [5, 5.41) is 15.8. The van der Waals surface area contributed by atoms with Crippen molar-refractivity contribution < 1.29 is 13.2 Å². The van der Waals surface area contributed by atoms with Crippen molar-refractivity contribution >= 4 is 5.82 Å². The molecular weight excluding hydrogens is 440 g/mol. The smallest absolute Gasteiger partial charge is 0.314 e. The lowest BCUT2D eigenvalue weighted by molar-refractivity contribution is 0.116. The number of halogens is 2. The average molecular weight is 459 g/mol. The van der Waals surface area contributed by atoms with E-state index in [0.29, 0.717) is 23.5 Å². The van der Waals surface area contributed by atoms with E-state index >= 15 is 0 Å². The minimum Gasteiger partial charge on any atom is -0.415 e. The van der Waals surface area contributed by atoms with E-state index in [9.17, 15) is 8.78 Å². The fourth-order valence-electron chi connectivity index (χ4n) is 3.61. The number of pyridine rings is 1. The molecule has 34 heavy (non-hydrogen) atoms. The number of rotatable bonds is 7. The number of nitrogen functional groups attached to an aromatic ring is 1. The molecule has 0 amide bonds. The predicted molar refractivity (Wildman–Crippen MR) is 121 cm³/mol. The van der Waals surface area contributed by atoms with E-state index in [2.05, 4.69) is 25.5 Å². The third-order valence-electron chi connectivity index (χ3n) is 5.35. The van der Waals surface area contributed by atoms with Crippen LogP contribution in [0, 0.1) is 0 Å². The lowest BCUT2D eigenvalue weighted by atomic mass is 9.98. The van der Waals surface area contributed by atoms with Gasteiger partial charge in [0.1, 0.15) is 11.5 Å². The van der Waals surface area contributed by atoms with Gasteiger partial charge in [0.2, 0.25) is 5.89 Å². The van der Waals surface area contributed by atoms with Gasteiger partial charge >= 0.3 is 6.43 Å². The lowest BCUT2D eigenvalue weighted by Gasteiger charge is -2.18. The summed E-state index contributed by atoms with van der Waals surface area (Å²) in [5.74, 6) is -0.228. The maximum atomic E-state index is 12.8. The van der Waals surface area contributed by atoms with Crippen LogP contribution in [0.4, 0.5) is 14.6 Å². The number of hydrogen-bond donors (Lipinski definition) is 1. The summed E-state index contributed by atoms with van der Waals surface area (Å²) in [6.07, 6.45) is 1.37. The highest BCUT2D eigenvalue weighted by molar-refractivity contribution is 5.58. The molecule has 3 aromatic heterocycles. The molecule has 0 fully saturated rings. The Bertz CT molecular complexity index is 1370. The maximum Gasteiger partial charge on any atom is 0.314 e. The largest absolute Gasteiger partial charge is 0.415 e. The summed E-state index contributed by atoms with van der Waals surface area (Å²) >= 11 is 0. The second-order valence-electron chi connectivity index (χ2n) is 7.63. The van der Waals surface area contributed by atoms with Crippen molar-refractivity contribution in [3.8, 4) is 22.7 Å². The van der Waals surface area contributed by atoms with Gasteiger partial charge in [-0.15, -0.1) is 15.3 Å². The Kier molecular flexibility index (Phi) is 5.77. The zero-order chi connectivity index (χ0) is 23.5. The summed E-state index contributed by atoms with van der Waals surface area (Å²) in [4.78, 5) is 4.12. The number of hydrogen-bond acceptors (Lipinski definition) is 7. The van der Waals surface area contributed by atoms with Gasteiger partial charge in [-0.3, -0.25) is 0 Å². The summed E-state index contributed by atoms with van der Waals surface area (Å²) in [6.45, 7) is 0. The highest BCUT2D eigenvalue weighted by atomic mass is 19.3. The molecule has 8 nitrogen and oxygen atoms in total. The van der Waals surface area contributed by atoms with Crippen LogP contribution in [0.25, 0.3) is 22.7 Å². The van der Waals surface area contributed by atoms with Crippen LogP contribution in [0.5, 0.6) is 0 Å². The van der Waals surface area contributed by atoms with E-state index in [1.165, 1.54) is 0 Å². The predicted octanol–water partition coefficient (Wildman–Crippen LogP) is 4.74. The molecule has 0 aliphatic carbocycles. The van der Waals surface area contributed by atoms with Crippen LogP contribution < -0.4 is 5.73 Å². The maximum absolute atomic E-state index is 12.8. The highest BCUT2D eigenvalue weighted by Gasteiger charge is 2.20. The van der Waals surface area contributed by atoms with Gasteiger partial charge in [0.15, 0.2) is 0 Å². The second-order valence-corrected chi connectivity index (χ2v) is 7.63. The Morgan fingerprint density at radius 3 is 2.32 bits per heavy atom. The summed E-state index contributed by atoms with van der Waals surface area (Å²) in [5.41, 5.74) is 9.79. The minimum atomic E-state index is -2.81. The van der Waals surface area contributed by atoms with Crippen LogP contribution in [0.3, 0.4) is 0 Å². The van der Waals surface area contributed by atoms with E-state index < -0.39 is 12.3 Å². The normalized spacial score (nSPS) is 12.2. The summed E-state index contributed by atoms with van der Waals surface area (Å²) in [7, 11) is 0. The Balaban J connectivity index is 1.47. The topological polar surface area (TPSA) is 109 Å². The van der Waals surface area contributed by atoms with E-state index in [4.69, 9.17) is 10.2 Å². The van der Waals surface area contributed by atoms with Crippen molar-refractivity contribution in [1.29, 1.82) is 0 Å². The van der Waals surface area contributed by atoms with Gasteiger partial charge in [0.05, 0.1) is 12.2 Å². The van der Waals surface area contributed by atoms with Gasteiger partial charge in [0, 0.05) is 17.3 Å². The third kappa shape index (κ3) is 4.51. The van der Waals surface area contributed by atoms with Crippen molar-refractivity contribution in [1.82, 2.24) is 30.2 Å². The molecule has 3 heterocycles. The first-order valence-electron chi connectivity index (χ1n) is 10.5. The second kappa shape index (κ2) is 9.18. The zero-order valence-electron chi connectivity index (χ0n) is 17.8. The van der Waals surface area contributed by atoms with Crippen molar-refractivity contribution in [2.24, 2.45) is 0 Å². The Morgan fingerprint density at radius 1 is 0.882 bits per heavy atom. The first-order valence-corrected chi connectivity index (χ1v) is 10.5.